The van der Waals surface area contributed by atoms with E-state index in [1.807, 2.05) is 6.07 Å². The quantitative estimate of drug-likeness (QED) is 0.829. The Labute approximate surface area is 114 Å². The molecule has 1 aliphatic heterocycles. The van der Waals surface area contributed by atoms with Gasteiger partial charge in [-0.15, -0.1) is 10.2 Å². The van der Waals surface area contributed by atoms with E-state index < -0.39 is 0 Å². The second-order valence-corrected chi connectivity index (χ2v) is 5.30. The Morgan fingerprint density at radius 3 is 2.89 bits per heavy atom. The van der Waals surface area contributed by atoms with Gasteiger partial charge in [0.05, 0.1) is 12.4 Å². The van der Waals surface area contributed by atoms with Gasteiger partial charge < -0.3 is 4.57 Å². The third kappa shape index (κ3) is 2.58. The molecule has 2 aromatic rings. The Bertz CT molecular complexity index is 612. The van der Waals surface area contributed by atoms with Crippen LogP contribution in [0.15, 0.2) is 22.6 Å². The number of aromatic nitrogens is 5. The minimum atomic E-state index is 0.324. The zero-order valence-electron chi connectivity index (χ0n) is 10.3. The molecule has 0 bridgehead atoms. The van der Waals surface area contributed by atoms with E-state index in [-0.39, 0.29) is 0 Å². The summed E-state index contributed by atoms with van der Waals surface area (Å²) in [6.45, 7) is 0.967. The summed E-state index contributed by atoms with van der Waals surface area (Å²) in [6, 6.07) is 1.96. The van der Waals surface area contributed by atoms with E-state index in [9.17, 15) is 0 Å². The van der Waals surface area contributed by atoms with Crippen molar-refractivity contribution in [2.45, 2.75) is 42.4 Å². The number of aryl methyl sites for hydroxylation is 1. The van der Waals surface area contributed by atoms with E-state index >= 15 is 0 Å². The van der Waals surface area contributed by atoms with Crippen molar-refractivity contribution in [2.75, 3.05) is 0 Å². The normalized spacial score (nSPS) is 14.5. The monoisotopic (exact) mass is 272 g/mol. The molecule has 0 N–H and O–H groups in total. The van der Waals surface area contributed by atoms with Crippen molar-refractivity contribution in [3.63, 3.8) is 0 Å². The molecule has 0 aliphatic carbocycles. The van der Waals surface area contributed by atoms with Gasteiger partial charge in [-0.3, -0.25) is 0 Å². The second kappa shape index (κ2) is 5.36. The Hall–Kier alpha value is -1.94. The molecule has 3 heterocycles. The van der Waals surface area contributed by atoms with Crippen molar-refractivity contribution in [2.24, 2.45) is 0 Å². The maximum atomic E-state index is 8.69. The average molecular weight is 272 g/mol. The number of hydrogen-bond acceptors (Lipinski definition) is 6. The summed E-state index contributed by atoms with van der Waals surface area (Å²) in [4.78, 5) is 8.20. The fourth-order valence-electron chi connectivity index (χ4n) is 2.05. The maximum Gasteiger partial charge on any atom is 0.197 e. The SMILES string of the molecule is N#Cc1cnc(Sc2nnc3n2CCCCC3)cn1. The predicted octanol–water partition coefficient (Wildman–Crippen LogP) is 1.82. The van der Waals surface area contributed by atoms with Crippen LogP contribution in [-0.2, 0) is 13.0 Å². The van der Waals surface area contributed by atoms with Crippen LogP contribution in [0.1, 0.15) is 30.8 Å². The zero-order valence-corrected chi connectivity index (χ0v) is 11.1. The number of nitrogens with zero attached hydrogens (tertiary/aromatic N) is 6. The first-order valence-corrected chi connectivity index (χ1v) is 7.00. The minimum absolute atomic E-state index is 0.324. The fraction of sp³-hybridized carbons (Fsp3) is 0.417. The molecule has 0 spiro atoms. The summed E-state index contributed by atoms with van der Waals surface area (Å²) in [5.41, 5.74) is 0.324. The molecule has 0 atom stereocenters. The lowest BCUT2D eigenvalue weighted by molar-refractivity contribution is 0.590. The van der Waals surface area contributed by atoms with Crippen LogP contribution in [0.3, 0.4) is 0 Å². The Morgan fingerprint density at radius 1 is 1.16 bits per heavy atom. The molecule has 1 aliphatic rings. The number of fused-ring (bicyclic) bond motifs is 1. The summed E-state index contributed by atoms with van der Waals surface area (Å²) in [5.74, 6) is 1.06. The van der Waals surface area contributed by atoms with Crippen LogP contribution in [0.5, 0.6) is 0 Å². The highest BCUT2D eigenvalue weighted by Crippen LogP contribution is 2.26. The van der Waals surface area contributed by atoms with E-state index in [4.69, 9.17) is 5.26 Å². The molecule has 3 rings (SSSR count). The van der Waals surface area contributed by atoms with Gasteiger partial charge in [-0.1, -0.05) is 6.42 Å². The highest BCUT2D eigenvalue weighted by molar-refractivity contribution is 7.99. The van der Waals surface area contributed by atoms with Crippen LogP contribution in [0.4, 0.5) is 0 Å². The van der Waals surface area contributed by atoms with E-state index in [0.717, 1.165) is 35.4 Å². The molecule has 0 saturated carbocycles. The Balaban J connectivity index is 1.83. The van der Waals surface area contributed by atoms with Crippen LogP contribution in [0.25, 0.3) is 0 Å². The van der Waals surface area contributed by atoms with Crippen molar-refractivity contribution in [1.29, 1.82) is 5.26 Å². The maximum absolute atomic E-state index is 8.69. The van der Waals surface area contributed by atoms with E-state index in [0.29, 0.717) is 5.69 Å². The van der Waals surface area contributed by atoms with Crippen LogP contribution in [0.2, 0.25) is 0 Å². The predicted molar refractivity (Wildman–Crippen MR) is 68.4 cm³/mol. The highest BCUT2D eigenvalue weighted by Gasteiger charge is 2.15. The smallest absolute Gasteiger partial charge is 0.197 e. The first-order chi connectivity index (χ1) is 9.36. The molecule has 7 heteroatoms. The topological polar surface area (TPSA) is 80.3 Å². The lowest BCUT2D eigenvalue weighted by atomic mass is 10.2. The zero-order chi connectivity index (χ0) is 13.1. The molecule has 0 radical (unpaired) electrons. The fourth-order valence-corrected chi connectivity index (χ4v) is 2.84. The largest absolute Gasteiger partial charge is 0.306 e. The molecule has 96 valence electrons. The first kappa shape index (κ1) is 12.1. The lowest BCUT2D eigenvalue weighted by Crippen LogP contribution is -2.02. The lowest BCUT2D eigenvalue weighted by Gasteiger charge is -2.05. The molecule has 0 unspecified atom stereocenters. The van der Waals surface area contributed by atoms with Gasteiger partial charge in [0.1, 0.15) is 16.9 Å². The van der Waals surface area contributed by atoms with Gasteiger partial charge in [0.15, 0.2) is 10.9 Å². The Kier molecular flexibility index (Phi) is 3.42. The van der Waals surface area contributed by atoms with E-state index in [2.05, 4.69) is 24.7 Å². The number of hydrogen-bond donors (Lipinski definition) is 0. The van der Waals surface area contributed by atoms with Gasteiger partial charge in [-0.25, -0.2) is 9.97 Å². The van der Waals surface area contributed by atoms with Crippen molar-refractivity contribution in [1.82, 2.24) is 24.7 Å². The van der Waals surface area contributed by atoms with Crippen LogP contribution >= 0.6 is 11.8 Å². The summed E-state index contributed by atoms with van der Waals surface area (Å²) in [5, 5.41) is 18.7. The molecule has 0 aromatic carbocycles. The van der Waals surface area contributed by atoms with E-state index in [1.54, 1.807) is 6.20 Å². The molecule has 0 saturated heterocycles. The second-order valence-electron chi connectivity index (χ2n) is 4.31. The van der Waals surface area contributed by atoms with Crippen molar-refractivity contribution in [3.8, 4) is 6.07 Å². The van der Waals surface area contributed by atoms with Crippen molar-refractivity contribution < 1.29 is 0 Å². The van der Waals surface area contributed by atoms with Crippen LogP contribution in [-0.4, -0.2) is 24.7 Å². The summed E-state index contributed by atoms with van der Waals surface area (Å²) >= 11 is 1.44. The molecular weight excluding hydrogens is 260 g/mol. The minimum Gasteiger partial charge on any atom is -0.306 e. The van der Waals surface area contributed by atoms with Gasteiger partial charge in [0, 0.05) is 13.0 Å². The molecule has 19 heavy (non-hydrogen) atoms. The van der Waals surface area contributed by atoms with E-state index in [1.165, 1.54) is 30.8 Å². The van der Waals surface area contributed by atoms with Gasteiger partial charge >= 0.3 is 0 Å². The molecule has 6 nitrogen and oxygen atoms in total. The van der Waals surface area contributed by atoms with Gasteiger partial charge in [-0.2, -0.15) is 5.26 Å². The molecule has 2 aromatic heterocycles. The van der Waals surface area contributed by atoms with Crippen LogP contribution in [0, 0.1) is 11.3 Å². The number of nitriles is 1. The van der Waals surface area contributed by atoms with Crippen molar-refractivity contribution >= 4 is 11.8 Å². The third-order valence-electron chi connectivity index (χ3n) is 3.01. The van der Waals surface area contributed by atoms with Crippen LogP contribution < -0.4 is 0 Å². The standard InChI is InChI=1S/C12H12N6S/c13-6-9-7-15-11(8-14-9)19-12-17-16-10-4-2-1-3-5-18(10)12/h7-8H,1-5H2. The van der Waals surface area contributed by atoms with Gasteiger partial charge in [0.25, 0.3) is 0 Å². The summed E-state index contributed by atoms with van der Waals surface area (Å²) in [6.07, 6.45) is 7.65. The first-order valence-electron chi connectivity index (χ1n) is 6.19. The van der Waals surface area contributed by atoms with Crippen molar-refractivity contribution in [3.05, 3.63) is 23.9 Å². The summed E-state index contributed by atoms with van der Waals surface area (Å²) in [7, 11) is 0. The average Bonchev–Trinajstić information content (AvgIpc) is 2.68. The summed E-state index contributed by atoms with van der Waals surface area (Å²) < 4.78 is 2.16. The van der Waals surface area contributed by atoms with Gasteiger partial charge in [-0.05, 0) is 24.6 Å². The van der Waals surface area contributed by atoms with Gasteiger partial charge in [0.2, 0.25) is 0 Å². The molecular formula is C12H12N6S. The highest BCUT2D eigenvalue weighted by atomic mass is 32.2. The Morgan fingerprint density at radius 2 is 2.11 bits per heavy atom. The number of rotatable bonds is 2. The molecule has 0 amide bonds. The molecule has 0 fully saturated rings. The third-order valence-corrected chi connectivity index (χ3v) is 3.92.